The number of hydrogen-bond donors (Lipinski definition) is 1. The number of fused-ring (bicyclic) bond motifs is 1. The molecule has 106 valence electrons. The molecule has 0 radical (unpaired) electrons. The Labute approximate surface area is 124 Å². The largest absolute Gasteiger partial charge is 0.486 e. The molecule has 4 heteroatoms. The van der Waals surface area contributed by atoms with Crippen LogP contribution in [0, 0.1) is 0 Å². The summed E-state index contributed by atoms with van der Waals surface area (Å²) >= 11 is 1.81. The Hall–Kier alpha value is -1.39. The summed E-state index contributed by atoms with van der Waals surface area (Å²) in [4.78, 5) is 6.24. The quantitative estimate of drug-likeness (QED) is 0.910. The Morgan fingerprint density at radius 3 is 3.00 bits per heavy atom. The molecule has 0 fully saturated rings. The van der Waals surface area contributed by atoms with Crippen molar-refractivity contribution in [2.24, 2.45) is 0 Å². The van der Waals surface area contributed by atoms with Gasteiger partial charge in [-0.1, -0.05) is 25.1 Å². The first kappa shape index (κ1) is 13.6. The molecule has 0 amide bonds. The van der Waals surface area contributed by atoms with Crippen molar-refractivity contribution in [2.75, 3.05) is 6.54 Å². The molecule has 1 unspecified atom stereocenters. The lowest BCUT2D eigenvalue weighted by molar-refractivity contribution is 0.305. The molecule has 0 saturated heterocycles. The normalized spacial score (nSPS) is 17.8. The second-order valence-corrected chi connectivity index (χ2v) is 6.19. The number of thiazole rings is 1. The average Bonchev–Trinajstić information content (AvgIpc) is 2.91. The van der Waals surface area contributed by atoms with Crippen LogP contribution in [0.2, 0.25) is 0 Å². The predicted molar refractivity (Wildman–Crippen MR) is 82.2 cm³/mol. The van der Waals surface area contributed by atoms with E-state index in [1.807, 2.05) is 41.7 Å². The highest BCUT2D eigenvalue weighted by atomic mass is 32.1. The zero-order valence-electron chi connectivity index (χ0n) is 11.8. The molecule has 1 atom stereocenters. The molecule has 3 nitrogen and oxygen atoms in total. The van der Waals surface area contributed by atoms with E-state index in [4.69, 9.17) is 9.72 Å². The highest BCUT2D eigenvalue weighted by Gasteiger charge is 2.23. The van der Waals surface area contributed by atoms with Gasteiger partial charge in [-0.2, -0.15) is 0 Å². The van der Waals surface area contributed by atoms with Crippen LogP contribution in [0.5, 0.6) is 5.75 Å². The zero-order valence-corrected chi connectivity index (χ0v) is 12.6. The number of benzene rings is 1. The second-order valence-electron chi connectivity index (χ2n) is 5.02. The average molecular weight is 288 g/mol. The van der Waals surface area contributed by atoms with Gasteiger partial charge in [0.15, 0.2) is 0 Å². The van der Waals surface area contributed by atoms with Gasteiger partial charge in [0.25, 0.3) is 0 Å². The fourth-order valence-electron chi connectivity index (χ4n) is 2.64. The molecule has 0 aliphatic heterocycles. The minimum absolute atomic E-state index is 0.436. The third-order valence-electron chi connectivity index (χ3n) is 3.55. The summed E-state index contributed by atoms with van der Waals surface area (Å²) < 4.78 is 5.79. The molecule has 0 spiro atoms. The molecule has 1 aromatic heterocycles. The number of para-hydroxylation sites is 1. The molecule has 0 bridgehead atoms. The van der Waals surface area contributed by atoms with Crippen LogP contribution in [0.4, 0.5) is 0 Å². The van der Waals surface area contributed by atoms with Crippen molar-refractivity contribution < 1.29 is 4.74 Å². The number of aromatic nitrogens is 1. The molecule has 3 rings (SSSR count). The monoisotopic (exact) mass is 288 g/mol. The van der Waals surface area contributed by atoms with Crippen LogP contribution < -0.4 is 10.1 Å². The maximum atomic E-state index is 5.79. The van der Waals surface area contributed by atoms with Crippen molar-refractivity contribution in [1.82, 2.24) is 10.3 Å². The SMILES string of the molecule is CCNC1CCCc2sc(COc3ccccc3)nc21. The molecule has 1 aromatic carbocycles. The van der Waals surface area contributed by atoms with E-state index in [1.165, 1.54) is 29.8 Å². The van der Waals surface area contributed by atoms with E-state index in [2.05, 4.69) is 12.2 Å². The van der Waals surface area contributed by atoms with Crippen molar-refractivity contribution in [3.63, 3.8) is 0 Å². The highest BCUT2D eigenvalue weighted by Crippen LogP contribution is 2.33. The number of aryl methyl sites for hydroxylation is 1. The Kier molecular flexibility index (Phi) is 4.33. The van der Waals surface area contributed by atoms with Crippen molar-refractivity contribution in [1.29, 1.82) is 0 Å². The van der Waals surface area contributed by atoms with Gasteiger partial charge in [0.1, 0.15) is 17.4 Å². The van der Waals surface area contributed by atoms with Crippen molar-refractivity contribution >= 4 is 11.3 Å². The molecule has 0 saturated carbocycles. The number of rotatable bonds is 5. The van der Waals surface area contributed by atoms with E-state index in [-0.39, 0.29) is 0 Å². The number of nitrogens with zero attached hydrogens (tertiary/aromatic N) is 1. The molecule has 1 heterocycles. The van der Waals surface area contributed by atoms with Crippen LogP contribution >= 0.6 is 11.3 Å². The maximum absolute atomic E-state index is 5.79. The summed E-state index contributed by atoms with van der Waals surface area (Å²) in [6, 6.07) is 10.4. The first-order valence-electron chi connectivity index (χ1n) is 7.26. The van der Waals surface area contributed by atoms with Gasteiger partial charge in [0, 0.05) is 4.88 Å². The minimum atomic E-state index is 0.436. The van der Waals surface area contributed by atoms with E-state index in [9.17, 15) is 0 Å². The Bertz CT molecular complexity index is 553. The molecule has 2 aromatic rings. The maximum Gasteiger partial charge on any atom is 0.140 e. The van der Waals surface area contributed by atoms with Crippen LogP contribution in [0.15, 0.2) is 30.3 Å². The Balaban J connectivity index is 1.69. The van der Waals surface area contributed by atoms with E-state index in [1.54, 1.807) is 0 Å². The van der Waals surface area contributed by atoms with E-state index < -0.39 is 0 Å². The van der Waals surface area contributed by atoms with Crippen LogP contribution in [0.1, 0.15) is 41.4 Å². The molecule has 1 N–H and O–H groups in total. The highest BCUT2D eigenvalue weighted by molar-refractivity contribution is 7.11. The molecule has 20 heavy (non-hydrogen) atoms. The van der Waals surface area contributed by atoms with Gasteiger partial charge in [-0.3, -0.25) is 0 Å². The number of nitrogens with one attached hydrogen (secondary N) is 1. The first-order valence-corrected chi connectivity index (χ1v) is 8.08. The predicted octanol–water partition coefficient (Wildman–Crippen LogP) is 3.71. The Morgan fingerprint density at radius 2 is 2.20 bits per heavy atom. The topological polar surface area (TPSA) is 34.1 Å². The van der Waals surface area contributed by atoms with Gasteiger partial charge in [0.2, 0.25) is 0 Å². The zero-order chi connectivity index (χ0) is 13.8. The molecule has 1 aliphatic rings. The van der Waals surface area contributed by atoms with Gasteiger partial charge < -0.3 is 10.1 Å². The summed E-state index contributed by atoms with van der Waals surface area (Å²) in [6.07, 6.45) is 3.62. The van der Waals surface area contributed by atoms with Crippen LogP contribution in [0.25, 0.3) is 0 Å². The minimum Gasteiger partial charge on any atom is -0.486 e. The van der Waals surface area contributed by atoms with E-state index in [0.717, 1.165) is 17.3 Å². The summed E-state index contributed by atoms with van der Waals surface area (Å²) in [5.74, 6) is 0.906. The van der Waals surface area contributed by atoms with Gasteiger partial charge in [-0.15, -0.1) is 11.3 Å². The third kappa shape index (κ3) is 3.02. The summed E-state index contributed by atoms with van der Waals surface area (Å²) in [7, 11) is 0. The summed E-state index contributed by atoms with van der Waals surface area (Å²) in [5, 5.41) is 4.62. The number of hydrogen-bond acceptors (Lipinski definition) is 4. The van der Waals surface area contributed by atoms with Crippen molar-refractivity contribution in [2.45, 2.75) is 38.8 Å². The van der Waals surface area contributed by atoms with E-state index in [0.29, 0.717) is 12.6 Å². The van der Waals surface area contributed by atoms with Crippen LogP contribution in [-0.4, -0.2) is 11.5 Å². The Morgan fingerprint density at radius 1 is 1.35 bits per heavy atom. The third-order valence-corrected chi connectivity index (χ3v) is 4.66. The molecule has 1 aliphatic carbocycles. The molecular formula is C16H20N2OS. The van der Waals surface area contributed by atoms with Gasteiger partial charge >= 0.3 is 0 Å². The fourth-order valence-corrected chi connectivity index (χ4v) is 3.72. The lowest BCUT2D eigenvalue weighted by Gasteiger charge is -2.21. The fraction of sp³-hybridized carbons (Fsp3) is 0.438. The number of ether oxygens (including phenoxy) is 1. The van der Waals surface area contributed by atoms with Gasteiger partial charge in [-0.25, -0.2) is 4.98 Å². The molecular weight excluding hydrogens is 268 g/mol. The smallest absolute Gasteiger partial charge is 0.140 e. The summed E-state index contributed by atoms with van der Waals surface area (Å²) in [5.41, 5.74) is 1.26. The van der Waals surface area contributed by atoms with Crippen molar-refractivity contribution in [3.8, 4) is 5.75 Å². The van der Waals surface area contributed by atoms with Crippen molar-refractivity contribution in [3.05, 3.63) is 45.9 Å². The lowest BCUT2D eigenvalue weighted by Crippen LogP contribution is -2.24. The van der Waals surface area contributed by atoms with Crippen LogP contribution in [0.3, 0.4) is 0 Å². The van der Waals surface area contributed by atoms with Gasteiger partial charge in [-0.05, 0) is 37.9 Å². The summed E-state index contributed by atoms with van der Waals surface area (Å²) in [6.45, 7) is 3.72. The second kappa shape index (κ2) is 6.37. The van der Waals surface area contributed by atoms with Gasteiger partial charge in [0.05, 0.1) is 11.7 Å². The standard InChI is InChI=1S/C16H20N2OS/c1-2-17-13-9-6-10-14-16(13)18-15(20-14)11-19-12-7-4-3-5-8-12/h3-5,7-8,13,17H,2,6,9-11H2,1H3. The first-order chi connectivity index (χ1) is 9.86. The van der Waals surface area contributed by atoms with Crippen LogP contribution in [-0.2, 0) is 13.0 Å². The van der Waals surface area contributed by atoms with E-state index >= 15 is 0 Å². The lowest BCUT2D eigenvalue weighted by atomic mass is 9.98.